The maximum absolute atomic E-state index is 13.2. The number of nitrogens with one attached hydrogen (secondary N) is 1. The summed E-state index contributed by atoms with van der Waals surface area (Å²) in [4.78, 5) is 29.0. The standard InChI is InChI=1S/C20H17F2N3O2/c1-13-10-19(27)25(20(24-13)15-4-8-17(22)9-5-15)12-18(26)23-11-14-2-6-16(21)7-3-14/h2-10H,11-12H2,1H3,(H,23,26). The van der Waals surface area contributed by atoms with Gasteiger partial charge >= 0.3 is 0 Å². The molecule has 2 aromatic carbocycles. The highest BCUT2D eigenvalue weighted by molar-refractivity contribution is 5.76. The number of hydrogen-bond donors (Lipinski definition) is 1. The van der Waals surface area contributed by atoms with E-state index in [-0.39, 0.29) is 30.3 Å². The van der Waals surface area contributed by atoms with Crippen LogP contribution in [0.1, 0.15) is 11.3 Å². The van der Waals surface area contributed by atoms with Gasteiger partial charge in [0.25, 0.3) is 5.56 Å². The van der Waals surface area contributed by atoms with Crippen LogP contribution in [0.2, 0.25) is 0 Å². The van der Waals surface area contributed by atoms with E-state index in [1.165, 1.54) is 47.0 Å². The van der Waals surface area contributed by atoms with E-state index in [0.717, 1.165) is 5.56 Å². The molecule has 1 aromatic heterocycles. The maximum atomic E-state index is 13.2. The van der Waals surface area contributed by atoms with Crippen molar-refractivity contribution in [2.75, 3.05) is 0 Å². The maximum Gasteiger partial charge on any atom is 0.254 e. The molecule has 0 radical (unpaired) electrons. The summed E-state index contributed by atoms with van der Waals surface area (Å²) in [7, 11) is 0. The van der Waals surface area contributed by atoms with Crippen LogP contribution in [0.5, 0.6) is 0 Å². The van der Waals surface area contributed by atoms with Gasteiger partial charge < -0.3 is 5.32 Å². The van der Waals surface area contributed by atoms with Gasteiger partial charge in [0.2, 0.25) is 5.91 Å². The van der Waals surface area contributed by atoms with Crippen molar-refractivity contribution < 1.29 is 13.6 Å². The molecule has 0 atom stereocenters. The number of carbonyl (C=O) groups excluding carboxylic acids is 1. The number of hydrogen-bond acceptors (Lipinski definition) is 3. The third kappa shape index (κ3) is 4.63. The molecule has 0 fully saturated rings. The molecule has 0 aliphatic carbocycles. The van der Waals surface area contributed by atoms with Crippen LogP contribution in [-0.4, -0.2) is 15.5 Å². The largest absolute Gasteiger partial charge is 0.350 e. The minimum absolute atomic E-state index is 0.207. The minimum atomic E-state index is -0.405. The highest BCUT2D eigenvalue weighted by Crippen LogP contribution is 2.16. The Kier molecular flexibility index (Phi) is 5.40. The summed E-state index contributed by atoms with van der Waals surface area (Å²) in [5.41, 5.74) is 1.39. The Morgan fingerprint density at radius 3 is 2.26 bits per heavy atom. The van der Waals surface area contributed by atoms with E-state index in [0.29, 0.717) is 11.3 Å². The van der Waals surface area contributed by atoms with E-state index in [1.807, 2.05) is 0 Å². The first-order chi connectivity index (χ1) is 12.9. The Morgan fingerprint density at radius 1 is 1.04 bits per heavy atom. The van der Waals surface area contributed by atoms with Gasteiger partial charge in [-0.25, -0.2) is 13.8 Å². The number of amides is 1. The Balaban J connectivity index is 1.81. The average molecular weight is 369 g/mol. The van der Waals surface area contributed by atoms with Gasteiger partial charge in [0.15, 0.2) is 0 Å². The summed E-state index contributed by atoms with van der Waals surface area (Å²) in [5.74, 6) is -0.865. The summed E-state index contributed by atoms with van der Waals surface area (Å²) in [5, 5.41) is 2.69. The third-order valence-corrected chi connectivity index (χ3v) is 3.94. The summed E-state index contributed by atoms with van der Waals surface area (Å²) in [6, 6.07) is 12.6. The molecule has 138 valence electrons. The number of benzene rings is 2. The number of carbonyl (C=O) groups is 1. The second-order valence-electron chi connectivity index (χ2n) is 6.06. The number of halogens is 2. The van der Waals surface area contributed by atoms with Crippen molar-refractivity contribution in [2.45, 2.75) is 20.0 Å². The molecule has 0 aliphatic rings. The molecule has 27 heavy (non-hydrogen) atoms. The zero-order valence-corrected chi connectivity index (χ0v) is 14.6. The van der Waals surface area contributed by atoms with Gasteiger partial charge in [-0.15, -0.1) is 0 Å². The van der Waals surface area contributed by atoms with E-state index < -0.39 is 11.7 Å². The zero-order chi connectivity index (χ0) is 19.4. The van der Waals surface area contributed by atoms with Gasteiger partial charge in [0.05, 0.1) is 0 Å². The second-order valence-corrected chi connectivity index (χ2v) is 6.06. The molecule has 0 aliphatic heterocycles. The van der Waals surface area contributed by atoms with Crippen LogP contribution in [0, 0.1) is 18.6 Å². The molecule has 0 spiro atoms. The lowest BCUT2D eigenvalue weighted by Crippen LogP contribution is -2.33. The molecule has 5 nitrogen and oxygen atoms in total. The van der Waals surface area contributed by atoms with Gasteiger partial charge in [-0.1, -0.05) is 12.1 Å². The van der Waals surface area contributed by atoms with Crippen molar-refractivity contribution >= 4 is 5.91 Å². The van der Waals surface area contributed by atoms with E-state index in [9.17, 15) is 18.4 Å². The molecule has 3 aromatic rings. The lowest BCUT2D eigenvalue weighted by Gasteiger charge is -2.13. The van der Waals surface area contributed by atoms with Crippen molar-refractivity contribution in [1.82, 2.24) is 14.9 Å². The van der Waals surface area contributed by atoms with E-state index in [1.54, 1.807) is 19.1 Å². The van der Waals surface area contributed by atoms with Crippen LogP contribution >= 0.6 is 0 Å². The molecular formula is C20H17F2N3O2. The normalized spacial score (nSPS) is 10.6. The van der Waals surface area contributed by atoms with Crippen LogP contribution in [-0.2, 0) is 17.9 Å². The fourth-order valence-corrected chi connectivity index (χ4v) is 2.60. The Labute approximate surface area is 154 Å². The fourth-order valence-electron chi connectivity index (χ4n) is 2.60. The predicted molar refractivity (Wildman–Crippen MR) is 96.9 cm³/mol. The van der Waals surface area contributed by atoms with Gasteiger partial charge in [-0.3, -0.25) is 14.2 Å². The Morgan fingerprint density at radius 2 is 1.63 bits per heavy atom. The van der Waals surface area contributed by atoms with E-state index in [2.05, 4.69) is 10.3 Å². The average Bonchev–Trinajstić information content (AvgIpc) is 2.64. The molecule has 0 saturated carbocycles. The van der Waals surface area contributed by atoms with Crippen LogP contribution < -0.4 is 10.9 Å². The lowest BCUT2D eigenvalue weighted by molar-refractivity contribution is -0.121. The molecule has 1 amide bonds. The highest BCUT2D eigenvalue weighted by atomic mass is 19.1. The van der Waals surface area contributed by atoms with Crippen molar-refractivity contribution in [3.8, 4) is 11.4 Å². The molecule has 0 unspecified atom stereocenters. The Bertz CT molecular complexity index is 1010. The molecule has 1 heterocycles. The summed E-state index contributed by atoms with van der Waals surface area (Å²) < 4.78 is 27.3. The van der Waals surface area contributed by atoms with Gasteiger partial charge in [-0.05, 0) is 48.9 Å². The molecule has 7 heteroatoms. The second kappa shape index (κ2) is 7.90. The first-order valence-electron chi connectivity index (χ1n) is 8.28. The van der Waals surface area contributed by atoms with E-state index in [4.69, 9.17) is 0 Å². The topological polar surface area (TPSA) is 64.0 Å². The van der Waals surface area contributed by atoms with Crippen LogP contribution in [0.25, 0.3) is 11.4 Å². The van der Waals surface area contributed by atoms with Gasteiger partial charge in [-0.2, -0.15) is 0 Å². The van der Waals surface area contributed by atoms with Crippen molar-refractivity contribution in [2.24, 2.45) is 0 Å². The first-order valence-corrected chi connectivity index (χ1v) is 8.28. The van der Waals surface area contributed by atoms with Crippen LogP contribution in [0.3, 0.4) is 0 Å². The van der Waals surface area contributed by atoms with Crippen molar-refractivity contribution in [3.05, 3.63) is 87.8 Å². The van der Waals surface area contributed by atoms with Crippen LogP contribution in [0.15, 0.2) is 59.4 Å². The summed E-state index contributed by atoms with van der Waals surface area (Å²) in [6.45, 7) is 1.65. The first kappa shape index (κ1) is 18.4. The fraction of sp³-hybridized carbons (Fsp3) is 0.150. The smallest absolute Gasteiger partial charge is 0.254 e. The van der Waals surface area contributed by atoms with Gasteiger partial charge in [0.1, 0.15) is 24.0 Å². The van der Waals surface area contributed by atoms with Crippen molar-refractivity contribution in [3.63, 3.8) is 0 Å². The predicted octanol–water partition coefficient (Wildman–Crippen LogP) is 2.81. The minimum Gasteiger partial charge on any atom is -0.350 e. The zero-order valence-electron chi connectivity index (χ0n) is 14.6. The molecule has 0 bridgehead atoms. The number of aryl methyl sites for hydroxylation is 1. The molecular weight excluding hydrogens is 352 g/mol. The number of rotatable bonds is 5. The SMILES string of the molecule is Cc1cc(=O)n(CC(=O)NCc2ccc(F)cc2)c(-c2ccc(F)cc2)n1. The molecule has 3 rings (SSSR count). The number of nitrogens with zero attached hydrogens (tertiary/aromatic N) is 2. The Hall–Kier alpha value is -3.35. The summed E-state index contributed by atoms with van der Waals surface area (Å²) in [6.07, 6.45) is 0. The van der Waals surface area contributed by atoms with Crippen molar-refractivity contribution in [1.29, 1.82) is 0 Å². The highest BCUT2D eigenvalue weighted by Gasteiger charge is 2.13. The van der Waals surface area contributed by atoms with E-state index >= 15 is 0 Å². The number of aromatic nitrogens is 2. The lowest BCUT2D eigenvalue weighted by atomic mass is 10.2. The molecule has 1 N–H and O–H groups in total. The molecule has 0 saturated heterocycles. The monoisotopic (exact) mass is 369 g/mol. The van der Waals surface area contributed by atoms with Gasteiger partial charge in [0, 0.05) is 23.9 Å². The third-order valence-electron chi connectivity index (χ3n) is 3.94. The van der Waals surface area contributed by atoms with Crippen LogP contribution in [0.4, 0.5) is 8.78 Å². The summed E-state index contributed by atoms with van der Waals surface area (Å²) >= 11 is 0. The quantitative estimate of drug-likeness (QED) is 0.752.